The average Bonchev–Trinajstić information content (AvgIpc) is 2.34. The van der Waals surface area contributed by atoms with Gasteiger partial charge in [-0.3, -0.25) is 4.79 Å². The summed E-state index contributed by atoms with van der Waals surface area (Å²) in [7, 11) is 0. The summed E-state index contributed by atoms with van der Waals surface area (Å²) >= 11 is 0. The molecule has 1 fully saturated rings. The van der Waals surface area contributed by atoms with Crippen molar-refractivity contribution in [2.75, 3.05) is 13.1 Å². The first-order valence-electron chi connectivity index (χ1n) is 6.85. The number of amides is 1. The zero-order valence-corrected chi connectivity index (χ0v) is 12.4. The maximum Gasteiger partial charge on any atom is 0.410 e. The molecule has 1 atom stereocenters. The van der Waals surface area contributed by atoms with Gasteiger partial charge in [-0.1, -0.05) is 0 Å². The van der Waals surface area contributed by atoms with E-state index in [9.17, 15) is 14.7 Å². The van der Waals surface area contributed by atoms with Crippen LogP contribution in [0.2, 0.25) is 0 Å². The molecule has 0 aromatic heterocycles. The summed E-state index contributed by atoms with van der Waals surface area (Å²) in [5, 5.41) is 9.50. The Hall–Kier alpha value is -1.70. The van der Waals surface area contributed by atoms with Crippen LogP contribution in [0.1, 0.15) is 46.5 Å². The number of nitrogens with zero attached hydrogens (tertiary/aromatic N) is 1. The molecule has 1 amide bonds. The molecule has 0 aliphatic carbocycles. The Kier molecular flexibility index (Phi) is 5.04. The van der Waals surface area contributed by atoms with Crippen LogP contribution < -0.4 is 0 Å². The number of piperidine rings is 1. The highest BCUT2D eigenvalue weighted by molar-refractivity contribution is 5.77. The summed E-state index contributed by atoms with van der Waals surface area (Å²) in [5.41, 5.74) is -1.53. The van der Waals surface area contributed by atoms with Crippen molar-refractivity contribution in [3.63, 3.8) is 0 Å². The Bertz CT molecular complexity index is 419. The van der Waals surface area contributed by atoms with Crippen LogP contribution in [0.3, 0.4) is 0 Å². The van der Waals surface area contributed by atoms with E-state index in [4.69, 9.17) is 11.2 Å². The number of terminal acetylenes is 1. The number of hydrogen-bond acceptors (Lipinski definition) is 3. The van der Waals surface area contributed by atoms with Crippen molar-refractivity contribution in [3.8, 4) is 12.3 Å². The van der Waals surface area contributed by atoms with Gasteiger partial charge in [0.2, 0.25) is 0 Å². The molecule has 1 aliphatic rings. The number of rotatable bonds is 3. The van der Waals surface area contributed by atoms with Crippen LogP contribution in [-0.4, -0.2) is 40.8 Å². The van der Waals surface area contributed by atoms with Crippen molar-refractivity contribution < 1.29 is 19.4 Å². The molecule has 0 saturated carbocycles. The molecule has 0 bridgehead atoms. The zero-order chi connectivity index (χ0) is 15.4. The van der Waals surface area contributed by atoms with Gasteiger partial charge in [-0.2, -0.15) is 0 Å². The Morgan fingerprint density at radius 3 is 2.60 bits per heavy atom. The van der Waals surface area contributed by atoms with Gasteiger partial charge >= 0.3 is 12.1 Å². The van der Waals surface area contributed by atoms with Gasteiger partial charge in [-0.25, -0.2) is 4.79 Å². The highest BCUT2D eigenvalue weighted by Gasteiger charge is 2.43. The molecule has 20 heavy (non-hydrogen) atoms. The molecule has 0 aromatic carbocycles. The minimum absolute atomic E-state index is 0.166. The number of carboxylic acids is 1. The fourth-order valence-corrected chi connectivity index (χ4v) is 2.41. The van der Waals surface area contributed by atoms with E-state index in [1.54, 1.807) is 20.8 Å². The minimum atomic E-state index is -0.943. The van der Waals surface area contributed by atoms with E-state index in [2.05, 4.69) is 5.92 Å². The van der Waals surface area contributed by atoms with Crippen LogP contribution >= 0.6 is 0 Å². The predicted octanol–water partition coefficient (Wildman–Crippen LogP) is 2.50. The van der Waals surface area contributed by atoms with E-state index in [1.807, 2.05) is 0 Å². The zero-order valence-electron chi connectivity index (χ0n) is 12.4. The van der Waals surface area contributed by atoms with Crippen molar-refractivity contribution in [1.82, 2.24) is 4.90 Å². The van der Waals surface area contributed by atoms with E-state index >= 15 is 0 Å². The average molecular weight is 281 g/mol. The van der Waals surface area contributed by atoms with Crippen LogP contribution in [-0.2, 0) is 9.53 Å². The number of likely N-dealkylation sites (tertiary alicyclic amines) is 1. The second-order valence-electron chi connectivity index (χ2n) is 6.30. The number of carbonyl (C=O) groups is 2. The quantitative estimate of drug-likeness (QED) is 0.807. The number of ether oxygens (including phenoxy) is 1. The summed E-state index contributed by atoms with van der Waals surface area (Å²) in [4.78, 5) is 25.1. The third-order valence-corrected chi connectivity index (χ3v) is 3.43. The summed E-state index contributed by atoms with van der Waals surface area (Å²) in [6.07, 6.45) is 6.76. The Morgan fingerprint density at radius 2 is 2.10 bits per heavy atom. The maximum absolute atomic E-state index is 12.1. The summed E-state index contributed by atoms with van der Waals surface area (Å²) in [6.45, 7) is 6.06. The molecule has 1 unspecified atom stereocenters. The molecule has 112 valence electrons. The van der Waals surface area contributed by atoms with Crippen LogP contribution in [0.15, 0.2) is 0 Å². The lowest BCUT2D eigenvalue weighted by Gasteiger charge is -2.40. The Labute approximate surface area is 120 Å². The van der Waals surface area contributed by atoms with Gasteiger partial charge in [0, 0.05) is 19.5 Å². The van der Waals surface area contributed by atoms with Gasteiger partial charge in [0.15, 0.2) is 0 Å². The predicted molar refractivity (Wildman–Crippen MR) is 75.2 cm³/mol. The van der Waals surface area contributed by atoms with E-state index in [0.29, 0.717) is 32.2 Å². The largest absolute Gasteiger partial charge is 0.481 e. The van der Waals surface area contributed by atoms with Gasteiger partial charge in [0.1, 0.15) is 5.60 Å². The lowest BCUT2D eigenvalue weighted by molar-refractivity contribution is -0.152. The monoisotopic (exact) mass is 281 g/mol. The molecule has 1 aliphatic heterocycles. The second-order valence-corrected chi connectivity index (χ2v) is 6.30. The molecule has 1 N–H and O–H groups in total. The summed E-state index contributed by atoms with van der Waals surface area (Å²) < 4.78 is 5.31. The van der Waals surface area contributed by atoms with Gasteiger partial charge in [0.25, 0.3) is 0 Å². The fraction of sp³-hybridized carbons (Fsp3) is 0.733. The van der Waals surface area contributed by atoms with Crippen LogP contribution in [0.4, 0.5) is 4.79 Å². The number of carbonyl (C=O) groups excluding carboxylic acids is 1. The van der Waals surface area contributed by atoms with Crippen molar-refractivity contribution >= 4 is 12.1 Å². The van der Waals surface area contributed by atoms with E-state index in [1.165, 1.54) is 4.90 Å². The normalized spacial score (nSPS) is 23.0. The molecule has 0 spiro atoms. The molecular formula is C15H23NO4. The third kappa shape index (κ3) is 4.16. The SMILES string of the molecule is C#CCCC1(C(=O)O)CCCN(C(=O)OC(C)(C)C)C1. The standard InChI is InChI=1S/C15H23NO4/c1-5-6-8-15(12(17)18)9-7-10-16(11-15)13(19)20-14(2,3)4/h1H,6-11H2,2-4H3,(H,17,18). The first-order chi connectivity index (χ1) is 9.20. The Balaban J connectivity index is 2.80. The third-order valence-electron chi connectivity index (χ3n) is 3.43. The molecule has 5 nitrogen and oxygen atoms in total. The maximum atomic E-state index is 12.1. The van der Waals surface area contributed by atoms with E-state index in [0.717, 1.165) is 0 Å². The van der Waals surface area contributed by atoms with Crippen molar-refractivity contribution in [1.29, 1.82) is 0 Å². The second kappa shape index (κ2) is 6.17. The minimum Gasteiger partial charge on any atom is -0.481 e. The highest BCUT2D eigenvalue weighted by atomic mass is 16.6. The summed E-state index contributed by atoms with van der Waals surface area (Å²) in [6, 6.07) is 0. The van der Waals surface area contributed by atoms with Crippen molar-refractivity contribution in [3.05, 3.63) is 0 Å². The first-order valence-corrected chi connectivity index (χ1v) is 6.85. The molecule has 5 heteroatoms. The topological polar surface area (TPSA) is 66.8 Å². The smallest absolute Gasteiger partial charge is 0.410 e. The number of aliphatic carboxylic acids is 1. The lowest BCUT2D eigenvalue weighted by atomic mass is 9.76. The molecule has 1 saturated heterocycles. The first kappa shape index (κ1) is 16.4. The Morgan fingerprint density at radius 1 is 1.45 bits per heavy atom. The van der Waals surface area contributed by atoms with E-state index in [-0.39, 0.29) is 6.54 Å². The van der Waals surface area contributed by atoms with Gasteiger partial charge in [-0.15, -0.1) is 12.3 Å². The van der Waals surface area contributed by atoms with Crippen molar-refractivity contribution in [2.45, 2.75) is 52.1 Å². The van der Waals surface area contributed by atoms with Crippen LogP contribution in [0.25, 0.3) is 0 Å². The van der Waals surface area contributed by atoms with Crippen LogP contribution in [0.5, 0.6) is 0 Å². The fourth-order valence-electron chi connectivity index (χ4n) is 2.41. The molecule has 0 radical (unpaired) electrons. The summed E-state index contributed by atoms with van der Waals surface area (Å²) in [5.74, 6) is 1.59. The van der Waals surface area contributed by atoms with Crippen molar-refractivity contribution in [2.24, 2.45) is 5.41 Å². The van der Waals surface area contributed by atoms with Gasteiger partial charge in [-0.05, 0) is 40.0 Å². The highest BCUT2D eigenvalue weighted by Crippen LogP contribution is 2.35. The molecule has 1 rings (SSSR count). The molecule has 1 heterocycles. The molecular weight excluding hydrogens is 258 g/mol. The number of carboxylic acid groups (broad SMARTS) is 1. The lowest BCUT2D eigenvalue weighted by Crippen LogP contribution is -2.51. The number of hydrogen-bond donors (Lipinski definition) is 1. The van der Waals surface area contributed by atoms with E-state index < -0.39 is 23.1 Å². The van der Waals surface area contributed by atoms with Crippen LogP contribution in [0, 0.1) is 17.8 Å². The van der Waals surface area contributed by atoms with Gasteiger partial charge in [0.05, 0.1) is 5.41 Å². The van der Waals surface area contributed by atoms with Gasteiger partial charge < -0.3 is 14.7 Å². The molecule has 0 aromatic rings.